The molecule has 0 rings (SSSR count). The Hall–Kier alpha value is -0.260. The smallest absolute Gasteiger partial charge is 0.0325 e. The minimum Gasteiger partial charge on any atom is -0.0885 e. The fraction of sp³-hybridized carbons (Fsp3) is 0.818. The zero-order chi connectivity index (χ0) is 16.5. The van der Waals surface area contributed by atoms with Gasteiger partial charge in [-0.1, -0.05) is 110 Å². The van der Waals surface area contributed by atoms with Gasteiger partial charge in [0.2, 0.25) is 0 Å². The lowest BCUT2D eigenvalue weighted by atomic mass is 9.93. The summed E-state index contributed by atoms with van der Waals surface area (Å²) in [4.78, 5) is 0. The fourth-order valence-electron chi connectivity index (χ4n) is 3.08. The second kappa shape index (κ2) is 17.1. The first-order chi connectivity index (χ1) is 10.7. The van der Waals surface area contributed by atoms with Gasteiger partial charge in [0.25, 0.3) is 0 Å². The van der Waals surface area contributed by atoms with Crippen LogP contribution in [0.1, 0.15) is 104 Å². The lowest BCUT2D eigenvalue weighted by molar-refractivity contribution is 0.417. The van der Waals surface area contributed by atoms with E-state index in [0.717, 1.165) is 24.7 Å². The quantitative estimate of drug-likeness (QED) is 0.200. The Kier molecular flexibility index (Phi) is 16.9. The monoisotopic (exact) mass is 306 g/mol. The zero-order valence-electron chi connectivity index (χ0n) is 15.6. The molecule has 0 fully saturated rings. The van der Waals surface area contributed by atoms with Crippen LogP contribution in [-0.2, 0) is 0 Å². The molecular weight excluding hydrogens is 264 g/mol. The van der Waals surface area contributed by atoms with Gasteiger partial charge in [0.05, 0.1) is 0 Å². The van der Waals surface area contributed by atoms with E-state index < -0.39 is 0 Å². The Labute approximate surface area is 142 Å². The van der Waals surface area contributed by atoms with Gasteiger partial charge < -0.3 is 0 Å². The summed E-state index contributed by atoms with van der Waals surface area (Å²) in [7, 11) is 0. The topological polar surface area (TPSA) is 0 Å². The number of rotatable bonds is 16. The molecule has 2 atom stereocenters. The van der Waals surface area contributed by atoms with Gasteiger partial charge in [-0.15, -0.1) is 0 Å². The van der Waals surface area contributed by atoms with Gasteiger partial charge in [0.15, 0.2) is 0 Å². The third-order valence-corrected chi connectivity index (χ3v) is 4.83. The Morgan fingerprint density at radius 2 is 1.41 bits per heavy atom. The SMILES string of the molecule is [CH2]CCCCCC(C)CC=CCCC(CC)CCCCC[CH2]. The van der Waals surface area contributed by atoms with Crippen molar-refractivity contribution in [1.29, 1.82) is 0 Å². The van der Waals surface area contributed by atoms with Crippen LogP contribution in [-0.4, -0.2) is 0 Å². The van der Waals surface area contributed by atoms with Crippen LogP contribution in [0, 0.1) is 25.7 Å². The second-order valence-corrected chi connectivity index (χ2v) is 7.07. The Bertz CT molecular complexity index is 228. The van der Waals surface area contributed by atoms with Crippen LogP contribution < -0.4 is 0 Å². The summed E-state index contributed by atoms with van der Waals surface area (Å²) < 4.78 is 0. The summed E-state index contributed by atoms with van der Waals surface area (Å²) in [6.45, 7) is 12.6. The lowest BCUT2D eigenvalue weighted by Gasteiger charge is -2.13. The molecule has 2 unspecified atom stereocenters. The molecule has 0 bridgehead atoms. The summed E-state index contributed by atoms with van der Waals surface area (Å²) in [5, 5.41) is 0. The molecule has 0 saturated carbocycles. The molecule has 0 aromatic rings. The molecule has 22 heavy (non-hydrogen) atoms. The van der Waals surface area contributed by atoms with Crippen molar-refractivity contribution in [2.45, 2.75) is 104 Å². The van der Waals surface area contributed by atoms with E-state index >= 15 is 0 Å². The maximum Gasteiger partial charge on any atom is -0.0325 e. The lowest BCUT2D eigenvalue weighted by Crippen LogP contribution is -1.98. The van der Waals surface area contributed by atoms with Crippen LogP contribution >= 0.6 is 0 Å². The largest absolute Gasteiger partial charge is 0.0885 e. The fourth-order valence-corrected chi connectivity index (χ4v) is 3.08. The molecule has 0 N–H and O–H groups in total. The minimum absolute atomic E-state index is 0.852. The standard InChI is InChI=1S/C22H42/c1-5-8-10-13-17-21(4)18-14-12-16-20-22(7-3)19-15-11-9-6-2/h12,14,21-22H,1-2,5-11,13,15-20H2,3-4H3. The van der Waals surface area contributed by atoms with E-state index in [4.69, 9.17) is 0 Å². The molecule has 0 heterocycles. The van der Waals surface area contributed by atoms with Gasteiger partial charge in [0, 0.05) is 0 Å². The van der Waals surface area contributed by atoms with E-state index in [1.54, 1.807) is 0 Å². The molecule has 2 radical (unpaired) electrons. The predicted molar refractivity (Wildman–Crippen MR) is 103 cm³/mol. The number of unbranched alkanes of at least 4 members (excludes halogenated alkanes) is 6. The van der Waals surface area contributed by atoms with Crippen molar-refractivity contribution < 1.29 is 0 Å². The highest BCUT2D eigenvalue weighted by Crippen LogP contribution is 2.20. The van der Waals surface area contributed by atoms with E-state index in [2.05, 4.69) is 39.8 Å². The summed E-state index contributed by atoms with van der Waals surface area (Å²) in [5.74, 6) is 1.79. The molecule has 0 aromatic heterocycles. The predicted octanol–water partition coefficient (Wildman–Crippen LogP) is 7.94. The number of hydrogen-bond donors (Lipinski definition) is 0. The highest BCUT2D eigenvalue weighted by Gasteiger charge is 2.04. The molecule has 0 aliphatic rings. The molecule has 0 aliphatic carbocycles. The molecule has 0 aliphatic heterocycles. The number of allylic oxidation sites excluding steroid dienone is 2. The Morgan fingerprint density at radius 1 is 0.773 bits per heavy atom. The van der Waals surface area contributed by atoms with Gasteiger partial charge >= 0.3 is 0 Å². The Balaban J connectivity index is 3.56. The molecule has 0 aromatic carbocycles. The van der Waals surface area contributed by atoms with Crippen LogP contribution in [0.4, 0.5) is 0 Å². The maximum absolute atomic E-state index is 3.92. The van der Waals surface area contributed by atoms with Crippen LogP contribution in [0.3, 0.4) is 0 Å². The van der Waals surface area contributed by atoms with Crippen LogP contribution in [0.2, 0.25) is 0 Å². The van der Waals surface area contributed by atoms with Crippen molar-refractivity contribution in [3.05, 3.63) is 26.0 Å². The average Bonchev–Trinajstić information content (AvgIpc) is 2.53. The van der Waals surface area contributed by atoms with Gasteiger partial charge in [-0.3, -0.25) is 0 Å². The van der Waals surface area contributed by atoms with Crippen LogP contribution in [0.25, 0.3) is 0 Å². The molecule has 0 heteroatoms. The van der Waals surface area contributed by atoms with Crippen molar-refractivity contribution in [3.8, 4) is 0 Å². The third-order valence-electron chi connectivity index (χ3n) is 4.83. The maximum atomic E-state index is 3.92. The molecule has 0 spiro atoms. The molecule has 130 valence electrons. The van der Waals surface area contributed by atoms with E-state index in [-0.39, 0.29) is 0 Å². The summed E-state index contributed by atoms with van der Waals surface area (Å²) in [6, 6.07) is 0. The minimum atomic E-state index is 0.852. The van der Waals surface area contributed by atoms with Crippen molar-refractivity contribution in [2.75, 3.05) is 0 Å². The van der Waals surface area contributed by atoms with Crippen molar-refractivity contribution in [1.82, 2.24) is 0 Å². The summed E-state index contributed by atoms with van der Waals surface area (Å²) >= 11 is 0. The van der Waals surface area contributed by atoms with Gasteiger partial charge in [-0.05, 0) is 31.1 Å². The first-order valence-electron chi connectivity index (χ1n) is 9.98. The molecule has 0 nitrogen and oxygen atoms in total. The van der Waals surface area contributed by atoms with E-state index in [0.29, 0.717) is 0 Å². The van der Waals surface area contributed by atoms with E-state index in [1.807, 2.05) is 0 Å². The summed E-state index contributed by atoms with van der Waals surface area (Å²) in [6.07, 6.45) is 23.3. The van der Waals surface area contributed by atoms with Crippen molar-refractivity contribution in [2.24, 2.45) is 11.8 Å². The van der Waals surface area contributed by atoms with Crippen molar-refractivity contribution in [3.63, 3.8) is 0 Å². The first-order valence-corrected chi connectivity index (χ1v) is 9.98. The average molecular weight is 307 g/mol. The number of hydrogen-bond acceptors (Lipinski definition) is 0. The van der Waals surface area contributed by atoms with Crippen LogP contribution in [0.5, 0.6) is 0 Å². The zero-order valence-corrected chi connectivity index (χ0v) is 15.6. The molecule has 0 amide bonds. The summed E-state index contributed by atoms with van der Waals surface area (Å²) in [5.41, 5.74) is 0. The first kappa shape index (κ1) is 21.7. The van der Waals surface area contributed by atoms with Gasteiger partial charge in [0.1, 0.15) is 0 Å². The van der Waals surface area contributed by atoms with E-state index in [9.17, 15) is 0 Å². The van der Waals surface area contributed by atoms with Crippen LogP contribution in [0.15, 0.2) is 12.2 Å². The highest BCUT2D eigenvalue weighted by atomic mass is 14.1. The molecular formula is C22H42. The second-order valence-electron chi connectivity index (χ2n) is 7.07. The normalized spacial score (nSPS) is 14.5. The Morgan fingerprint density at radius 3 is 2.00 bits per heavy atom. The third kappa shape index (κ3) is 14.7. The highest BCUT2D eigenvalue weighted by molar-refractivity contribution is 4.84. The van der Waals surface area contributed by atoms with E-state index in [1.165, 1.54) is 77.0 Å². The van der Waals surface area contributed by atoms with Gasteiger partial charge in [-0.25, -0.2) is 0 Å². The molecule has 0 saturated heterocycles. The van der Waals surface area contributed by atoms with Crippen molar-refractivity contribution >= 4 is 0 Å². The van der Waals surface area contributed by atoms with Gasteiger partial charge in [-0.2, -0.15) is 0 Å².